The first kappa shape index (κ1) is 13.9. The predicted molar refractivity (Wildman–Crippen MR) is 69.7 cm³/mol. The number of rotatable bonds is 5. The summed E-state index contributed by atoms with van der Waals surface area (Å²) in [6.07, 6.45) is 0.997. The molecule has 94 valence electrons. The average Bonchev–Trinajstić information content (AvgIpc) is 2.26. The fourth-order valence-corrected chi connectivity index (χ4v) is 1.86. The molecular formula is C11H14Cl2N2O2. The molecule has 0 saturated heterocycles. The van der Waals surface area contributed by atoms with Crippen molar-refractivity contribution >= 4 is 34.8 Å². The van der Waals surface area contributed by atoms with Crippen LogP contribution in [0.4, 0.5) is 5.69 Å². The molecule has 0 aliphatic heterocycles. The first-order valence-electron chi connectivity index (χ1n) is 5.12. The summed E-state index contributed by atoms with van der Waals surface area (Å²) in [5, 5.41) is 3.27. The summed E-state index contributed by atoms with van der Waals surface area (Å²) in [7, 11) is 1.59. The van der Waals surface area contributed by atoms with Crippen LogP contribution in [-0.4, -0.2) is 19.6 Å². The predicted octanol–water partition coefficient (Wildman–Crippen LogP) is 2.48. The highest BCUT2D eigenvalue weighted by atomic mass is 35.5. The molecule has 1 amide bonds. The number of hydrogen-bond acceptors (Lipinski definition) is 3. The Morgan fingerprint density at radius 1 is 1.41 bits per heavy atom. The first-order chi connectivity index (χ1) is 8.04. The minimum atomic E-state index is -0.0249. The number of halogens is 2. The highest BCUT2D eigenvalue weighted by Crippen LogP contribution is 2.35. The van der Waals surface area contributed by atoms with Gasteiger partial charge in [-0.25, -0.2) is 0 Å². The van der Waals surface area contributed by atoms with Crippen molar-refractivity contribution in [2.45, 2.75) is 12.8 Å². The smallest absolute Gasteiger partial charge is 0.219 e. The molecule has 1 aromatic carbocycles. The van der Waals surface area contributed by atoms with Gasteiger partial charge in [0.25, 0.3) is 0 Å². The van der Waals surface area contributed by atoms with Crippen LogP contribution in [0, 0.1) is 0 Å². The molecule has 0 heterocycles. The third kappa shape index (κ3) is 4.32. The summed E-state index contributed by atoms with van der Waals surface area (Å²) >= 11 is 11.9. The van der Waals surface area contributed by atoms with Crippen molar-refractivity contribution in [3.05, 3.63) is 22.2 Å². The zero-order valence-corrected chi connectivity index (χ0v) is 10.9. The van der Waals surface area contributed by atoms with E-state index in [4.69, 9.17) is 33.7 Å². The van der Waals surface area contributed by atoms with Crippen LogP contribution in [0.5, 0.6) is 5.75 Å². The lowest BCUT2D eigenvalue weighted by Crippen LogP contribution is -2.18. The van der Waals surface area contributed by atoms with Crippen LogP contribution >= 0.6 is 23.2 Å². The van der Waals surface area contributed by atoms with Gasteiger partial charge in [0.05, 0.1) is 16.7 Å². The lowest BCUT2D eigenvalue weighted by Gasteiger charge is -2.10. The lowest BCUT2D eigenvalue weighted by atomic mass is 10.3. The topological polar surface area (TPSA) is 64.3 Å². The van der Waals surface area contributed by atoms with E-state index >= 15 is 0 Å². The maximum absolute atomic E-state index is 11.0. The molecule has 0 unspecified atom stereocenters. The van der Waals surface area contributed by atoms with E-state index < -0.39 is 0 Å². The van der Waals surface area contributed by atoms with Crippen molar-refractivity contribution in [2.75, 3.05) is 19.4 Å². The third-order valence-corrected chi connectivity index (χ3v) is 2.66. The Morgan fingerprint density at radius 2 is 2.00 bits per heavy atom. The Bertz CT molecular complexity index is 387. The van der Waals surface area contributed by atoms with Gasteiger partial charge in [-0.2, -0.15) is 0 Å². The fourth-order valence-electron chi connectivity index (χ4n) is 1.25. The van der Waals surface area contributed by atoms with Gasteiger partial charge < -0.3 is 15.8 Å². The summed E-state index contributed by atoms with van der Waals surface area (Å²) in [6.45, 7) is 0.372. The van der Waals surface area contributed by atoms with Gasteiger partial charge in [-0.15, -0.1) is 0 Å². The van der Waals surface area contributed by atoms with Crippen molar-refractivity contribution in [1.29, 1.82) is 0 Å². The highest BCUT2D eigenvalue weighted by molar-refractivity contribution is 6.37. The second kappa shape index (κ2) is 6.57. The summed E-state index contributed by atoms with van der Waals surface area (Å²) in [5.41, 5.74) is 6.05. The van der Waals surface area contributed by atoms with Gasteiger partial charge in [-0.3, -0.25) is 4.79 Å². The number of nitrogen functional groups attached to an aromatic ring is 1. The SMILES string of the molecule is CNC(=O)CCCOc1c(Cl)cc(N)cc1Cl. The monoisotopic (exact) mass is 276 g/mol. The molecule has 17 heavy (non-hydrogen) atoms. The number of nitrogens with one attached hydrogen (secondary N) is 1. The summed E-state index contributed by atoms with van der Waals surface area (Å²) in [6, 6.07) is 3.14. The Kier molecular flexibility index (Phi) is 5.38. The number of nitrogens with two attached hydrogens (primary N) is 1. The van der Waals surface area contributed by atoms with E-state index in [0.29, 0.717) is 40.9 Å². The number of anilines is 1. The van der Waals surface area contributed by atoms with Crippen LogP contribution in [0.15, 0.2) is 12.1 Å². The van der Waals surface area contributed by atoms with Gasteiger partial charge in [0.1, 0.15) is 0 Å². The average molecular weight is 277 g/mol. The van der Waals surface area contributed by atoms with Gasteiger partial charge in [0.15, 0.2) is 5.75 Å². The third-order valence-electron chi connectivity index (χ3n) is 2.09. The maximum atomic E-state index is 11.0. The van der Waals surface area contributed by atoms with E-state index in [9.17, 15) is 4.79 Å². The minimum absolute atomic E-state index is 0.0249. The second-order valence-corrected chi connectivity index (χ2v) is 4.25. The standard InChI is InChI=1S/C11H14Cl2N2O2/c1-15-10(16)3-2-4-17-11-8(12)5-7(14)6-9(11)13/h5-6H,2-4,14H2,1H3,(H,15,16). The van der Waals surface area contributed by atoms with Crippen LogP contribution in [-0.2, 0) is 4.79 Å². The molecule has 0 bridgehead atoms. The Labute approximate surface area is 110 Å². The zero-order valence-electron chi connectivity index (χ0n) is 9.43. The molecule has 0 aromatic heterocycles. The summed E-state index contributed by atoms with van der Waals surface area (Å²) < 4.78 is 5.42. The molecule has 1 aromatic rings. The molecule has 6 heteroatoms. The fraction of sp³-hybridized carbons (Fsp3) is 0.364. The molecular weight excluding hydrogens is 263 g/mol. The molecule has 0 saturated carbocycles. The largest absolute Gasteiger partial charge is 0.490 e. The quantitative estimate of drug-likeness (QED) is 0.642. The van der Waals surface area contributed by atoms with E-state index in [1.165, 1.54) is 0 Å². The van der Waals surface area contributed by atoms with Crippen molar-refractivity contribution in [3.8, 4) is 5.75 Å². The van der Waals surface area contributed by atoms with E-state index in [-0.39, 0.29) is 5.91 Å². The van der Waals surface area contributed by atoms with Crippen molar-refractivity contribution < 1.29 is 9.53 Å². The number of ether oxygens (including phenoxy) is 1. The van der Waals surface area contributed by atoms with Gasteiger partial charge >= 0.3 is 0 Å². The number of hydrogen-bond donors (Lipinski definition) is 2. The molecule has 0 radical (unpaired) electrons. The van der Waals surface area contributed by atoms with Crippen LogP contribution in [0.3, 0.4) is 0 Å². The molecule has 0 fully saturated rings. The zero-order chi connectivity index (χ0) is 12.8. The highest BCUT2D eigenvalue weighted by Gasteiger charge is 2.08. The van der Waals surface area contributed by atoms with Crippen molar-refractivity contribution in [2.24, 2.45) is 0 Å². The van der Waals surface area contributed by atoms with Crippen LogP contribution < -0.4 is 15.8 Å². The molecule has 3 N–H and O–H groups in total. The summed E-state index contributed by atoms with van der Waals surface area (Å²) in [4.78, 5) is 11.0. The number of carbonyl (C=O) groups excluding carboxylic acids is 1. The Morgan fingerprint density at radius 3 is 2.53 bits per heavy atom. The van der Waals surface area contributed by atoms with Crippen LogP contribution in [0.2, 0.25) is 10.0 Å². The van der Waals surface area contributed by atoms with Gasteiger partial charge in [0.2, 0.25) is 5.91 Å². The van der Waals surface area contributed by atoms with Crippen LogP contribution in [0.25, 0.3) is 0 Å². The van der Waals surface area contributed by atoms with Crippen molar-refractivity contribution in [3.63, 3.8) is 0 Å². The second-order valence-electron chi connectivity index (χ2n) is 3.44. The number of benzene rings is 1. The maximum Gasteiger partial charge on any atom is 0.219 e. The Balaban J connectivity index is 2.50. The number of carbonyl (C=O) groups is 1. The minimum Gasteiger partial charge on any atom is -0.490 e. The van der Waals surface area contributed by atoms with Gasteiger partial charge in [0, 0.05) is 19.2 Å². The molecule has 0 spiro atoms. The summed E-state index contributed by atoms with van der Waals surface area (Å²) in [5.74, 6) is 0.377. The van der Waals surface area contributed by atoms with Crippen LogP contribution in [0.1, 0.15) is 12.8 Å². The van der Waals surface area contributed by atoms with E-state index in [2.05, 4.69) is 5.32 Å². The van der Waals surface area contributed by atoms with Gasteiger partial charge in [-0.1, -0.05) is 23.2 Å². The number of amides is 1. The van der Waals surface area contributed by atoms with E-state index in [1.807, 2.05) is 0 Å². The lowest BCUT2D eigenvalue weighted by molar-refractivity contribution is -0.120. The van der Waals surface area contributed by atoms with E-state index in [1.54, 1.807) is 19.2 Å². The molecule has 4 nitrogen and oxygen atoms in total. The van der Waals surface area contributed by atoms with Crippen molar-refractivity contribution in [1.82, 2.24) is 5.32 Å². The molecule has 0 aliphatic rings. The van der Waals surface area contributed by atoms with E-state index in [0.717, 1.165) is 0 Å². The molecule has 0 aliphatic carbocycles. The Hall–Kier alpha value is -1.13. The molecule has 1 rings (SSSR count). The first-order valence-corrected chi connectivity index (χ1v) is 5.88. The normalized spacial score (nSPS) is 10.1. The van der Waals surface area contributed by atoms with Gasteiger partial charge in [-0.05, 0) is 18.6 Å². The molecule has 0 atom stereocenters.